The second kappa shape index (κ2) is 7.11. The molecule has 19 heavy (non-hydrogen) atoms. The summed E-state index contributed by atoms with van der Waals surface area (Å²) in [5, 5.41) is 3.44. The van der Waals surface area contributed by atoms with E-state index in [1.54, 1.807) is 0 Å². The fourth-order valence-corrected chi connectivity index (χ4v) is 1.95. The number of rotatable bonds is 7. The zero-order valence-electron chi connectivity index (χ0n) is 13.4. The third-order valence-electron chi connectivity index (χ3n) is 3.26. The van der Waals surface area contributed by atoms with Crippen molar-refractivity contribution in [1.29, 1.82) is 0 Å². The average Bonchev–Trinajstić information content (AvgIpc) is 2.73. The molecular formula is C16H30N2O. The monoisotopic (exact) mass is 266 g/mol. The molecule has 0 saturated heterocycles. The normalized spacial score (nSPS) is 14.1. The lowest BCUT2D eigenvalue weighted by Gasteiger charge is -2.20. The first-order chi connectivity index (χ1) is 8.80. The topological polar surface area (TPSA) is 28.4 Å². The van der Waals surface area contributed by atoms with Crippen LogP contribution in [-0.4, -0.2) is 24.0 Å². The maximum Gasteiger partial charge on any atom is 0.118 e. The fraction of sp³-hybridized carbons (Fsp3) is 0.750. The number of nitrogens with zero attached hydrogens (tertiary/aromatic N) is 1. The standard InChI is InChI=1S/C16H30N2O/c1-7-13(2)11-18(6)12-15-9-8-14(19-15)10-17-16(3,4)5/h8-9,13,17H,7,10-12H2,1-6H3. The fourth-order valence-electron chi connectivity index (χ4n) is 1.95. The molecule has 0 fully saturated rings. The summed E-state index contributed by atoms with van der Waals surface area (Å²) in [6.07, 6.45) is 1.23. The van der Waals surface area contributed by atoms with Gasteiger partial charge in [0.15, 0.2) is 0 Å². The van der Waals surface area contributed by atoms with Crippen LogP contribution >= 0.6 is 0 Å². The summed E-state index contributed by atoms with van der Waals surface area (Å²) in [6.45, 7) is 13.8. The van der Waals surface area contributed by atoms with Gasteiger partial charge in [-0.15, -0.1) is 0 Å². The molecule has 0 aliphatic heterocycles. The molecule has 0 bridgehead atoms. The van der Waals surface area contributed by atoms with Crippen molar-refractivity contribution in [2.24, 2.45) is 5.92 Å². The summed E-state index contributed by atoms with van der Waals surface area (Å²) in [6, 6.07) is 4.16. The highest BCUT2D eigenvalue weighted by Crippen LogP contribution is 2.13. The first kappa shape index (κ1) is 16.3. The van der Waals surface area contributed by atoms with Gasteiger partial charge in [-0.2, -0.15) is 0 Å². The molecular weight excluding hydrogens is 236 g/mol. The minimum atomic E-state index is 0.125. The Morgan fingerprint density at radius 1 is 1.26 bits per heavy atom. The Balaban J connectivity index is 2.42. The van der Waals surface area contributed by atoms with Crippen LogP contribution in [-0.2, 0) is 13.1 Å². The number of furan rings is 1. The molecule has 1 aromatic rings. The Morgan fingerprint density at radius 2 is 1.89 bits per heavy atom. The van der Waals surface area contributed by atoms with Gasteiger partial charge in [0, 0.05) is 12.1 Å². The maximum atomic E-state index is 5.86. The molecule has 0 spiro atoms. The van der Waals surface area contributed by atoms with Gasteiger partial charge in [0.25, 0.3) is 0 Å². The van der Waals surface area contributed by atoms with Crippen molar-refractivity contribution in [2.45, 2.75) is 59.7 Å². The van der Waals surface area contributed by atoms with E-state index < -0.39 is 0 Å². The minimum absolute atomic E-state index is 0.125. The van der Waals surface area contributed by atoms with E-state index in [1.165, 1.54) is 6.42 Å². The van der Waals surface area contributed by atoms with Crippen molar-refractivity contribution in [3.8, 4) is 0 Å². The van der Waals surface area contributed by atoms with Crippen LogP contribution in [0.4, 0.5) is 0 Å². The third-order valence-corrected chi connectivity index (χ3v) is 3.26. The first-order valence-electron chi connectivity index (χ1n) is 7.31. The Morgan fingerprint density at radius 3 is 2.47 bits per heavy atom. The Hall–Kier alpha value is -0.800. The molecule has 1 aromatic heterocycles. The molecule has 3 heteroatoms. The first-order valence-corrected chi connectivity index (χ1v) is 7.31. The van der Waals surface area contributed by atoms with Gasteiger partial charge in [0.05, 0.1) is 13.1 Å². The molecule has 1 atom stereocenters. The van der Waals surface area contributed by atoms with Gasteiger partial charge in [0.2, 0.25) is 0 Å². The summed E-state index contributed by atoms with van der Waals surface area (Å²) in [7, 11) is 2.15. The van der Waals surface area contributed by atoms with Crippen molar-refractivity contribution in [1.82, 2.24) is 10.2 Å². The minimum Gasteiger partial charge on any atom is -0.463 e. The van der Waals surface area contributed by atoms with Crippen LogP contribution in [0, 0.1) is 5.92 Å². The van der Waals surface area contributed by atoms with Gasteiger partial charge >= 0.3 is 0 Å². The lowest BCUT2D eigenvalue weighted by atomic mass is 10.1. The average molecular weight is 266 g/mol. The van der Waals surface area contributed by atoms with E-state index in [0.29, 0.717) is 0 Å². The molecule has 0 amide bonds. The molecule has 3 nitrogen and oxygen atoms in total. The lowest BCUT2D eigenvalue weighted by Crippen LogP contribution is -2.34. The maximum absolute atomic E-state index is 5.86. The van der Waals surface area contributed by atoms with Gasteiger partial charge < -0.3 is 9.73 Å². The van der Waals surface area contributed by atoms with Crippen LogP contribution in [0.5, 0.6) is 0 Å². The second-order valence-corrected chi connectivity index (χ2v) is 6.68. The van der Waals surface area contributed by atoms with Crippen LogP contribution in [0.2, 0.25) is 0 Å². The van der Waals surface area contributed by atoms with Gasteiger partial charge in [-0.25, -0.2) is 0 Å². The molecule has 1 unspecified atom stereocenters. The van der Waals surface area contributed by atoms with Crippen LogP contribution in [0.25, 0.3) is 0 Å². The van der Waals surface area contributed by atoms with Crippen molar-refractivity contribution < 1.29 is 4.42 Å². The van der Waals surface area contributed by atoms with E-state index in [4.69, 9.17) is 4.42 Å². The van der Waals surface area contributed by atoms with Gasteiger partial charge in [-0.05, 0) is 45.9 Å². The van der Waals surface area contributed by atoms with Crippen LogP contribution in [0.1, 0.15) is 52.6 Å². The summed E-state index contributed by atoms with van der Waals surface area (Å²) in [5.41, 5.74) is 0.125. The highest BCUT2D eigenvalue weighted by Gasteiger charge is 2.11. The number of hydrogen-bond donors (Lipinski definition) is 1. The summed E-state index contributed by atoms with van der Waals surface area (Å²) in [4.78, 5) is 2.33. The largest absolute Gasteiger partial charge is 0.463 e. The Kier molecular flexibility index (Phi) is 6.08. The molecule has 0 aliphatic rings. The van der Waals surface area contributed by atoms with Crippen molar-refractivity contribution in [2.75, 3.05) is 13.6 Å². The zero-order valence-corrected chi connectivity index (χ0v) is 13.4. The highest BCUT2D eigenvalue weighted by molar-refractivity contribution is 5.07. The molecule has 0 aliphatic carbocycles. The van der Waals surface area contributed by atoms with Crippen molar-refractivity contribution >= 4 is 0 Å². The Bertz CT molecular complexity index is 365. The second-order valence-electron chi connectivity index (χ2n) is 6.68. The highest BCUT2D eigenvalue weighted by atomic mass is 16.3. The third kappa shape index (κ3) is 6.79. The number of hydrogen-bond acceptors (Lipinski definition) is 3. The predicted octanol–water partition coefficient (Wildman–Crippen LogP) is 3.65. The van der Waals surface area contributed by atoms with E-state index in [2.05, 4.69) is 64.0 Å². The van der Waals surface area contributed by atoms with Gasteiger partial charge in [-0.1, -0.05) is 20.3 Å². The van der Waals surface area contributed by atoms with E-state index in [9.17, 15) is 0 Å². The Labute approximate surface area is 118 Å². The van der Waals surface area contributed by atoms with Gasteiger partial charge in [-0.3, -0.25) is 4.90 Å². The van der Waals surface area contributed by atoms with E-state index in [1.807, 2.05) is 0 Å². The summed E-state index contributed by atoms with van der Waals surface area (Å²) in [5.74, 6) is 2.81. The van der Waals surface area contributed by atoms with Crippen molar-refractivity contribution in [3.05, 3.63) is 23.7 Å². The SMILES string of the molecule is CCC(C)CN(C)Cc1ccc(CNC(C)(C)C)o1. The van der Waals surface area contributed by atoms with Crippen LogP contribution in [0.15, 0.2) is 16.5 Å². The van der Waals surface area contributed by atoms with Crippen molar-refractivity contribution in [3.63, 3.8) is 0 Å². The zero-order chi connectivity index (χ0) is 14.5. The molecule has 1 N–H and O–H groups in total. The van der Waals surface area contributed by atoms with Crippen LogP contribution in [0.3, 0.4) is 0 Å². The lowest BCUT2D eigenvalue weighted by molar-refractivity contribution is 0.250. The molecule has 110 valence electrons. The summed E-state index contributed by atoms with van der Waals surface area (Å²) >= 11 is 0. The van der Waals surface area contributed by atoms with E-state index >= 15 is 0 Å². The molecule has 1 heterocycles. The number of nitrogens with one attached hydrogen (secondary N) is 1. The smallest absolute Gasteiger partial charge is 0.118 e. The summed E-state index contributed by atoms with van der Waals surface area (Å²) < 4.78 is 5.86. The quantitative estimate of drug-likeness (QED) is 0.816. The molecule has 0 radical (unpaired) electrons. The van der Waals surface area contributed by atoms with E-state index in [-0.39, 0.29) is 5.54 Å². The molecule has 0 aromatic carbocycles. The van der Waals surface area contributed by atoms with Crippen LogP contribution < -0.4 is 5.32 Å². The van der Waals surface area contributed by atoms with E-state index in [0.717, 1.165) is 37.1 Å². The predicted molar refractivity (Wildman–Crippen MR) is 81.1 cm³/mol. The molecule has 0 saturated carbocycles. The molecule has 1 rings (SSSR count). The van der Waals surface area contributed by atoms with Gasteiger partial charge in [0.1, 0.15) is 11.5 Å².